The van der Waals surface area contributed by atoms with E-state index < -0.39 is 0 Å². The van der Waals surface area contributed by atoms with Crippen molar-refractivity contribution in [2.45, 2.75) is 66.7 Å². The lowest BCUT2D eigenvalue weighted by atomic mass is 9.76. The number of hydrogen-bond acceptors (Lipinski definition) is 5. The van der Waals surface area contributed by atoms with Crippen molar-refractivity contribution in [1.29, 1.82) is 0 Å². The number of nitrogens with zero attached hydrogens (tertiary/aromatic N) is 4. The van der Waals surface area contributed by atoms with E-state index in [1.807, 2.05) is 11.7 Å². The molecular weight excluding hydrogens is 376 g/mol. The van der Waals surface area contributed by atoms with Crippen molar-refractivity contribution in [3.05, 3.63) is 40.1 Å². The summed E-state index contributed by atoms with van der Waals surface area (Å²) in [6, 6.07) is 4.15. The zero-order valence-corrected chi connectivity index (χ0v) is 18.8. The molecule has 0 saturated carbocycles. The quantitative estimate of drug-likeness (QED) is 0.609. The summed E-state index contributed by atoms with van der Waals surface area (Å²) in [7, 11) is 1.99. The summed E-state index contributed by atoms with van der Waals surface area (Å²) in [5, 5.41) is 8.96. The molecule has 0 fully saturated rings. The summed E-state index contributed by atoms with van der Waals surface area (Å²) in [5.74, 6) is 1.27. The Bertz CT molecular complexity index is 1100. The highest BCUT2D eigenvalue weighted by Crippen LogP contribution is 2.38. The maximum absolute atomic E-state index is 11.4. The minimum Gasteiger partial charge on any atom is -0.332 e. The van der Waals surface area contributed by atoms with Crippen molar-refractivity contribution in [2.75, 3.05) is 0 Å². The molecule has 0 bridgehead atoms. The maximum atomic E-state index is 11.4. The van der Waals surface area contributed by atoms with Crippen molar-refractivity contribution in [1.82, 2.24) is 19.9 Å². The van der Waals surface area contributed by atoms with Gasteiger partial charge in [0.25, 0.3) is 5.89 Å². The zero-order chi connectivity index (χ0) is 21.6. The van der Waals surface area contributed by atoms with E-state index in [4.69, 9.17) is 9.62 Å². The third kappa shape index (κ3) is 3.83. The highest BCUT2D eigenvalue weighted by atomic mass is 16.5. The fraction of sp³-hybridized carbons (Fsp3) is 0.500. The predicted molar refractivity (Wildman–Crippen MR) is 116 cm³/mol. The van der Waals surface area contributed by atoms with Gasteiger partial charge in [-0.2, -0.15) is 10.1 Å². The minimum absolute atomic E-state index is 0.211. The normalized spacial score (nSPS) is 15.3. The molecule has 0 radical (unpaired) electrons. The van der Waals surface area contributed by atoms with Gasteiger partial charge in [-0.25, -0.2) is 0 Å². The first-order valence-corrected chi connectivity index (χ1v) is 10.6. The van der Waals surface area contributed by atoms with Crippen LogP contribution in [0.3, 0.4) is 0 Å². The van der Waals surface area contributed by atoms with Crippen molar-refractivity contribution in [3.8, 4) is 23.0 Å². The molecule has 0 amide bonds. The van der Waals surface area contributed by atoms with Crippen LogP contribution < -0.4 is 0 Å². The van der Waals surface area contributed by atoms with Crippen LogP contribution in [0.2, 0.25) is 0 Å². The molecule has 6 nitrogen and oxygen atoms in total. The Morgan fingerprint density at radius 1 is 1.23 bits per heavy atom. The Labute approximate surface area is 177 Å². The summed E-state index contributed by atoms with van der Waals surface area (Å²) in [6.07, 6.45) is 4.44. The van der Waals surface area contributed by atoms with Gasteiger partial charge in [0, 0.05) is 30.3 Å². The predicted octanol–water partition coefficient (Wildman–Crippen LogP) is 4.79. The molecule has 0 atom stereocenters. The van der Waals surface area contributed by atoms with Gasteiger partial charge in [0.2, 0.25) is 5.82 Å². The molecule has 0 unspecified atom stereocenters. The Kier molecular flexibility index (Phi) is 5.12. The van der Waals surface area contributed by atoms with E-state index in [9.17, 15) is 4.79 Å². The number of Topliss-reactive ketones (excluding diaryl/α,β-unsaturated/α-hetero) is 1. The number of rotatable bonds is 5. The van der Waals surface area contributed by atoms with Gasteiger partial charge in [0.15, 0.2) is 5.69 Å². The lowest BCUT2D eigenvalue weighted by Gasteiger charge is -2.29. The number of benzene rings is 1. The zero-order valence-electron chi connectivity index (χ0n) is 18.8. The van der Waals surface area contributed by atoms with Crippen LogP contribution in [0.15, 0.2) is 16.7 Å². The molecule has 1 aromatic carbocycles. The molecule has 30 heavy (non-hydrogen) atoms. The second kappa shape index (κ2) is 7.49. The van der Waals surface area contributed by atoms with Crippen LogP contribution in [0, 0.1) is 19.3 Å². The standard InChI is InChI=1S/C24H30N4O2/c1-14-11-17(12-15(2)18(14)8-7-16(3)29)22-25-23(30-27-22)21-19-9-10-24(4,5)13-20(19)28(6)26-21/h11-12H,7-10,13H2,1-6H3. The van der Waals surface area contributed by atoms with Crippen LogP contribution in [0.5, 0.6) is 0 Å². The van der Waals surface area contributed by atoms with Crippen molar-refractivity contribution < 1.29 is 9.32 Å². The van der Waals surface area contributed by atoms with E-state index in [0.29, 0.717) is 18.1 Å². The largest absolute Gasteiger partial charge is 0.332 e. The molecule has 6 heteroatoms. The van der Waals surface area contributed by atoms with Crippen LogP contribution in [-0.2, 0) is 31.1 Å². The Hall–Kier alpha value is -2.76. The molecule has 2 aromatic heterocycles. The highest BCUT2D eigenvalue weighted by molar-refractivity contribution is 5.76. The summed E-state index contributed by atoms with van der Waals surface area (Å²) in [5.41, 5.74) is 8.05. The second-order valence-corrected chi connectivity index (χ2v) is 9.45. The first-order chi connectivity index (χ1) is 14.1. The molecule has 158 valence electrons. The second-order valence-electron chi connectivity index (χ2n) is 9.45. The number of hydrogen-bond donors (Lipinski definition) is 0. The summed E-state index contributed by atoms with van der Waals surface area (Å²) in [6.45, 7) is 10.4. The number of carbonyl (C=O) groups excluding carboxylic acids is 1. The van der Waals surface area contributed by atoms with Crippen LogP contribution in [0.4, 0.5) is 0 Å². The summed E-state index contributed by atoms with van der Waals surface area (Å²) in [4.78, 5) is 16.1. The first-order valence-electron chi connectivity index (χ1n) is 10.6. The van der Waals surface area contributed by atoms with E-state index in [0.717, 1.165) is 48.1 Å². The van der Waals surface area contributed by atoms with Crippen LogP contribution in [0.25, 0.3) is 23.0 Å². The van der Waals surface area contributed by atoms with Crippen molar-refractivity contribution >= 4 is 5.78 Å². The molecule has 0 N–H and O–H groups in total. The SMILES string of the molecule is CC(=O)CCc1c(C)cc(-c2noc(-c3nn(C)c4c3CCC(C)(C)C4)n2)cc1C. The fourth-order valence-corrected chi connectivity index (χ4v) is 4.52. The summed E-state index contributed by atoms with van der Waals surface area (Å²) < 4.78 is 7.61. The van der Waals surface area contributed by atoms with Gasteiger partial charge in [-0.3, -0.25) is 4.68 Å². The number of aryl methyl sites for hydroxylation is 3. The lowest BCUT2D eigenvalue weighted by molar-refractivity contribution is -0.116. The number of fused-ring (bicyclic) bond motifs is 1. The molecular formula is C24H30N4O2. The van der Waals surface area contributed by atoms with Crippen LogP contribution >= 0.6 is 0 Å². The van der Waals surface area contributed by atoms with E-state index in [1.54, 1.807) is 6.92 Å². The van der Waals surface area contributed by atoms with Gasteiger partial charge in [0.1, 0.15) is 5.78 Å². The van der Waals surface area contributed by atoms with Crippen LogP contribution in [-0.4, -0.2) is 25.7 Å². The monoisotopic (exact) mass is 406 g/mol. The molecule has 0 spiro atoms. The van der Waals surface area contributed by atoms with E-state index in [2.05, 4.69) is 50.0 Å². The van der Waals surface area contributed by atoms with Gasteiger partial charge in [-0.15, -0.1) is 0 Å². The van der Waals surface area contributed by atoms with Gasteiger partial charge in [-0.05, 0) is 80.7 Å². The van der Waals surface area contributed by atoms with E-state index in [-0.39, 0.29) is 11.2 Å². The van der Waals surface area contributed by atoms with Gasteiger partial charge in [0.05, 0.1) is 0 Å². The molecule has 0 aliphatic heterocycles. The Morgan fingerprint density at radius 3 is 2.60 bits per heavy atom. The third-order valence-corrected chi connectivity index (χ3v) is 6.28. The third-order valence-electron chi connectivity index (χ3n) is 6.28. The number of ketones is 1. The molecule has 2 heterocycles. The van der Waals surface area contributed by atoms with Gasteiger partial charge < -0.3 is 9.32 Å². The van der Waals surface area contributed by atoms with E-state index >= 15 is 0 Å². The molecule has 4 rings (SSSR count). The minimum atomic E-state index is 0.211. The average Bonchev–Trinajstić information content (AvgIpc) is 3.25. The first kappa shape index (κ1) is 20.5. The average molecular weight is 407 g/mol. The highest BCUT2D eigenvalue weighted by Gasteiger charge is 2.32. The molecule has 1 aliphatic carbocycles. The van der Waals surface area contributed by atoms with Gasteiger partial charge >= 0.3 is 0 Å². The lowest BCUT2D eigenvalue weighted by Crippen LogP contribution is -2.23. The van der Waals surface area contributed by atoms with E-state index in [1.165, 1.54) is 16.8 Å². The number of aromatic nitrogens is 4. The molecule has 0 saturated heterocycles. The van der Waals surface area contributed by atoms with Crippen molar-refractivity contribution in [2.24, 2.45) is 12.5 Å². The topological polar surface area (TPSA) is 73.8 Å². The number of carbonyl (C=O) groups is 1. The summed E-state index contributed by atoms with van der Waals surface area (Å²) >= 11 is 0. The Morgan fingerprint density at radius 2 is 1.93 bits per heavy atom. The van der Waals surface area contributed by atoms with Crippen LogP contribution in [0.1, 0.15) is 61.6 Å². The fourth-order valence-electron chi connectivity index (χ4n) is 4.52. The maximum Gasteiger partial charge on any atom is 0.279 e. The Balaban J connectivity index is 1.65. The molecule has 3 aromatic rings. The molecule has 1 aliphatic rings. The van der Waals surface area contributed by atoms with Gasteiger partial charge in [-0.1, -0.05) is 19.0 Å². The smallest absolute Gasteiger partial charge is 0.279 e. The van der Waals surface area contributed by atoms with Crippen molar-refractivity contribution in [3.63, 3.8) is 0 Å².